The van der Waals surface area contributed by atoms with Crippen molar-refractivity contribution in [3.8, 4) is 0 Å². The Hall–Kier alpha value is -0.960. The van der Waals surface area contributed by atoms with Gasteiger partial charge in [0.1, 0.15) is 0 Å². The van der Waals surface area contributed by atoms with Crippen LogP contribution < -0.4 is 5.73 Å². The zero-order chi connectivity index (χ0) is 12.0. The fourth-order valence-corrected chi connectivity index (χ4v) is 2.40. The summed E-state index contributed by atoms with van der Waals surface area (Å²) in [5.41, 5.74) is 6.58. The second-order valence-electron chi connectivity index (χ2n) is 4.88. The van der Waals surface area contributed by atoms with Crippen molar-refractivity contribution in [2.45, 2.75) is 44.1 Å². The van der Waals surface area contributed by atoms with Gasteiger partial charge in [-0.25, -0.2) is 8.78 Å². The summed E-state index contributed by atoms with van der Waals surface area (Å²) in [7, 11) is 0. The molecule has 1 unspecified atom stereocenters. The molecule has 2 N–H and O–H groups in total. The highest BCUT2D eigenvalue weighted by molar-refractivity contribution is 5.42. The van der Waals surface area contributed by atoms with E-state index in [1.807, 2.05) is 13.0 Å². The van der Waals surface area contributed by atoms with Crippen LogP contribution in [0.15, 0.2) is 24.3 Å². The first kappa shape index (κ1) is 11.5. The number of alkyl halides is 2. The normalized spacial score (nSPS) is 20.6. The van der Waals surface area contributed by atoms with Crippen LogP contribution in [0.1, 0.15) is 37.8 Å². The van der Waals surface area contributed by atoms with Gasteiger partial charge < -0.3 is 5.73 Å². The highest BCUT2D eigenvalue weighted by Gasteiger charge is 2.50. The van der Waals surface area contributed by atoms with Crippen LogP contribution in [-0.2, 0) is 11.3 Å². The molecule has 1 aromatic carbocycles. The van der Waals surface area contributed by atoms with Crippen LogP contribution in [0.2, 0.25) is 0 Å². The molecule has 0 radical (unpaired) electrons. The van der Waals surface area contributed by atoms with Crippen LogP contribution in [0.25, 0.3) is 0 Å². The van der Waals surface area contributed by atoms with Gasteiger partial charge in [-0.1, -0.05) is 24.3 Å². The number of hydrogen-bond donors (Lipinski definition) is 1. The first-order chi connectivity index (χ1) is 7.38. The second kappa shape index (κ2) is 3.52. The van der Waals surface area contributed by atoms with E-state index in [-0.39, 0.29) is 17.0 Å². The third-order valence-electron chi connectivity index (χ3n) is 3.60. The lowest BCUT2D eigenvalue weighted by atomic mass is 9.84. The molecule has 0 heterocycles. The molecule has 88 valence electrons. The Morgan fingerprint density at radius 3 is 2.31 bits per heavy atom. The van der Waals surface area contributed by atoms with Crippen molar-refractivity contribution in [1.82, 2.24) is 0 Å². The zero-order valence-corrected chi connectivity index (χ0v) is 9.63. The summed E-state index contributed by atoms with van der Waals surface area (Å²) in [4.78, 5) is 0. The summed E-state index contributed by atoms with van der Waals surface area (Å²) in [6.45, 7) is 2.85. The number of hydrogen-bond acceptors (Lipinski definition) is 1. The largest absolute Gasteiger partial charge is 0.327 e. The standard InChI is InChI=1S/C13H17F2N/c1-9(16)13(7-8-13)11-6-4-3-5-10(11)12(2,14)15/h3-6,9H,7-8,16H2,1-2H3. The van der Waals surface area contributed by atoms with Crippen molar-refractivity contribution in [2.24, 2.45) is 5.73 Å². The minimum absolute atomic E-state index is 0.0731. The summed E-state index contributed by atoms with van der Waals surface area (Å²) in [5.74, 6) is -2.79. The van der Waals surface area contributed by atoms with Gasteiger partial charge in [0.15, 0.2) is 0 Å². The van der Waals surface area contributed by atoms with Gasteiger partial charge >= 0.3 is 0 Å². The van der Waals surface area contributed by atoms with E-state index in [1.165, 1.54) is 6.07 Å². The van der Waals surface area contributed by atoms with Gasteiger partial charge in [-0.2, -0.15) is 0 Å². The van der Waals surface area contributed by atoms with E-state index in [9.17, 15) is 8.78 Å². The molecule has 16 heavy (non-hydrogen) atoms. The lowest BCUT2D eigenvalue weighted by molar-refractivity contribution is 0.0159. The summed E-state index contributed by atoms with van der Waals surface area (Å²) in [5, 5.41) is 0. The molecule has 0 aromatic heterocycles. The summed E-state index contributed by atoms with van der Waals surface area (Å²) >= 11 is 0. The number of halogens is 2. The van der Waals surface area contributed by atoms with Crippen molar-refractivity contribution in [3.05, 3.63) is 35.4 Å². The highest BCUT2D eigenvalue weighted by Crippen LogP contribution is 2.53. The number of benzene rings is 1. The maximum atomic E-state index is 13.5. The Kier molecular flexibility index (Phi) is 2.54. The van der Waals surface area contributed by atoms with Crippen LogP contribution in [0.3, 0.4) is 0 Å². The van der Waals surface area contributed by atoms with E-state index in [4.69, 9.17) is 5.73 Å². The van der Waals surface area contributed by atoms with E-state index >= 15 is 0 Å². The average molecular weight is 225 g/mol. The van der Waals surface area contributed by atoms with Crippen molar-refractivity contribution >= 4 is 0 Å². The van der Waals surface area contributed by atoms with Gasteiger partial charge in [0.25, 0.3) is 5.92 Å². The first-order valence-corrected chi connectivity index (χ1v) is 5.61. The Labute approximate surface area is 94.7 Å². The number of nitrogens with two attached hydrogens (primary N) is 1. The minimum atomic E-state index is -2.79. The fourth-order valence-electron chi connectivity index (χ4n) is 2.40. The summed E-state index contributed by atoms with van der Waals surface area (Å²) in [6, 6.07) is 6.71. The minimum Gasteiger partial charge on any atom is -0.327 e. The molecule has 0 aliphatic heterocycles. The fraction of sp³-hybridized carbons (Fsp3) is 0.538. The molecule has 3 heteroatoms. The van der Waals surface area contributed by atoms with Crippen LogP contribution in [-0.4, -0.2) is 6.04 Å². The second-order valence-corrected chi connectivity index (χ2v) is 4.88. The molecule has 1 aromatic rings. The quantitative estimate of drug-likeness (QED) is 0.840. The molecule has 1 nitrogen and oxygen atoms in total. The van der Waals surface area contributed by atoms with E-state index in [0.29, 0.717) is 0 Å². The molecule has 1 saturated carbocycles. The van der Waals surface area contributed by atoms with Gasteiger partial charge in [0.05, 0.1) is 0 Å². The van der Waals surface area contributed by atoms with Gasteiger partial charge in [0, 0.05) is 23.9 Å². The van der Waals surface area contributed by atoms with Gasteiger partial charge in [-0.15, -0.1) is 0 Å². The van der Waals surface area contributed by atoms with Gasteiger partial charge in [-0.05, 0) is 25.3 Å². The van der Waals surface area contributed by atoms with E-state index < -0.39 is 5.92 Å². The predicted octanol–water partition coefficient (Wildman–Crippen LogP) is 3.18. The molecule has 1 fully saturated rings. The highest BCUT2D eigenvalue weighted by atomic mass is 19.3. The molecule has 1 aliphatic rings. The molecule has 0 amide bonds. The van der Waals surface area contributed by atoms with Crippen LogP contribution in [0.5, 0.6) is 0 Å². The van der Waals surface area contributed by atoms with Crippen LogP contribution >= 0.6 is 0 Å². The van der Waals surface area contributed by atoms with Crippen molar-refractivity contribution < 1.29 is 8.78 Å². The third-order valence-corrected chi connectivity index (χ3v) is 3.60. The molecule has 0 spiro atoms. The van der Waals surface area contributed by atoms with Crippen LogP contribution in [0.4, 0.5) is 8.78 Å². The number of rotatable bonds is 3. The molecule has 0 saturated heterocycles. The van der Waals surface area contributed by atoms with Crippen molar-refractivity contribution in [1.29, 1.82) is 0 Å². The van der Waals surface area contributed by atoms with E-state index in [0.717, 1.165) is 25.3 Å². The summed E-state index contributed by atoms with van der Waals surface area (Å²) < 4.78 is 27.0. The Balaban J connectivity index is 2.50. The SMILES string of the molecule is CC(N)C1(c2ccccc2C(C)(F)F)CC1. The predicted molar refractivity (Wildman–Crippen MR) is 60.6 cm³/mol. The van der Waals surface area contributed by atoms with Gasteiger partial charge in [0.2, 0.25) is 0 Å². The lowest BCUT2D eigenvalue weighted by Crippen LogP contribution is -2.33. The molecular formula is C13H17F2N. The van der Waals surface area contributed by atoms with Crippen LogP contribution in [0, 0.1) is 0 Å². The van der Waals surface area contributed by atoms with E-state index in [1.54, 1.807) is 12.1 Å². The van der Waals surface area contributed by atoms with Crippen molar-refractivity contribution in [3.63, 3.8) is 0 Å². The molecule has 0 bridgehead atoms. The molecule has 1 aliphatic carbocycles. The summed E-state index contributed by atoms with van der Waals surface area (Å²) in [6.07, 6.45) is 1.83. The zero-order valence-electron chi connectivity index (χ0n) is 9.63. The van der Waals surface area contributed by atoms with E-state index in [2.05, 4.69) is 0 Å². The monoisotopic (exact) mass is 225 g/mol. The third kappa shape index (κ3) is 1.73. The topological polar surface area (TPSA) is 26.0 Å². The Morgan fingerprint density at radius 1 is 1.31 bits per heavy atom. The maximum Gasteiger partial charge on any atom is 0.270 e. The maximum absolute atomic E-state index is 13.5. The first-order valence-electron chi connectivity index (χ1n) is 5.61. The smallest absolute Gasteiger partial charge is 0.270 e. The molecule has 1 atom stereocenters. The van der Waals surface area contributed by atoms with Gasteiger partial charge in [-0.3, -0.25) is 0 Å². The average Bonchev–Trinajstić information content (AvgIpc) is 2.97. The Morgan fingerprint density at radius 2 is 1.88 bits per heavy atom. The van der Waals surface area contributed by atoms with Crippen molar-refractivity contribution in [2.75, 3.05) is 0 Å². The molecule has 2 rings (SSSR count). The Bertz CT molecular complexity index is 389. The lowest BCUT2D eigenvalue weighted by Gasteiger charge is -2.25. The molecular weight excluding hydrogens is 208 g/mol.